The molecule has 0 aromatic heterocycles. The van der Waals surface area contributed by atoms with E-state index >= 15 is 0 Å². The van der Waals surface area contributed by atoms with Crippen LogP contribution in [0.1, 0.15) is 53.2 Å². The molecular formula is C25H31N3O5S. The number of sulfonamides is 1. The van der Waals surface area contributed by atoms with Crippen molar-refractivity contribution >= 4 is 27.6 Å². The molecule has 1 fully saturated rings. The van der Waals surface area contributed by atoms with E-state index < -0.39 is 22.6 Å². The average molecular weight is 486 g/mol. The molecule has 0 spiro atoms. The Hall–Kier alpha value is -2.91. The van der Waals surface area contributed by atoms with Crippen molar-refractivity contribution in [2.75, 3.05) is 38.7 Å². The minimum absolute atomic E-state index is 0.00987. The summed E-state index contributed by atoms with van der Waals surface area (Å²) in [5.74, 6) is -1.09. The van der Waals surface area contributed by atoms with Gasteiger partial charge in [0.25, 0.3) is 5.91 Å². The SMILES string of the molecule is CN(C)S(=O)(=O)c1ccc(N2CCCC2)c(C(=O)OCC(=O)N[C@@H]2CCCc3ccccc32)c1. The van der Waals surface area contributed by atoms with Gasteiger partial charge in [0, 0.05) is 27.2 Å². The van der Waals surface area contributed by atoms with Crippen molar-refractivity contribution in [3.8, 4) is 0 Å². The number of carbonyl (C=O) groups excluding carboxylic acids is 2. The zero-order chi connectivity index (χ0) is 24.3. The van der Waals surface area contributed by atoms with Gasteiger partial charge in [-0.2, -0.15) is 0 Å². The van der Waals surface area contributed by atoms with Gasteiger partial charge >= 0.3 is 5.97 Å². The van der Waals surface area contributed by atoms with E-state index in [1.165, 1.54) is 31.8 Å². The lowest BCUT2D eigenvalue weighted by atomic mass is 9.88. The van der Waals surface area contributed by atoms with Crippen LogP contribution in [0.4, 0.5) is 5.69 Å². The van der Waals surface area contributed by atoms with Crippen LogP contribution in [-0.4, -0.2) is 58.4 Å². The van der Waals surface area contributed by atoms with Crippen molar-refractivity contribution in [3.63, 3.8) is 0 Å². The zero-order valence-electron chi connectivity index (χ0n) is 19.6. The minimum Gasteiger partial charge on any atom is -0.452 e. The number of rotatable bonds is 7. The number of ether oxygens (including phenoxy) is 1. The summed E-state index contributed by atoms with van der Waals surface area (Å²) in [6.45, 7) is 1.13. The molecule has 1 aliphatic carbocycles. The zero-order valence-corrected chi connectivity index (χ0v) is 20.4. The number of nitrogens with one attached hydrogen (secondary N) is 1. The maximum Gasteiger partial charge on any atom is 0.340 e. The number of aryl methyl sites for hydroxylation is 1. The third-order valence-electron chi connectivity index (χ3n) is 6.45. The Kier molecular flexibility index (Phi) is 7.23. The van der Waals surface area contributed by atoms with Crippen molar-refractivity contribution in [1.29, 1.82) is 0 Å². The summed E-state index contributed by atoms with van der Waals surface area (Å²) in [5, 5.41) is 2.97. The van der Waals surface area contributed by atoms with E-state index in [1.54, 1.807) is 6.07 Å². The molecule has 8 nitrogen and oxygen atoms in total. The number of nitrogens with zero attached hydrogens (tertiary/aromatic N) is 2. The molecule has 9 heteroatoms. The molecule has 4 rings (SSSR count). The average Bonchev–Trinajstić information content (AvgIpc) is 3.37. The number of carbonyl (C=O) groups is 2. The first kappa shape index (κ1) is 24.2. The van der Waals surface area contributed by atoms with Crippen LogP contribution < -0.4 is 10.2 Å². The van der Waals surface area contributed by atoms with Gasteiger partial charge in [-0.05, 0) is 61.4 Å². The van der Waals surface area contributed by atoms with Crippen LogP contribution in [0.2, 0.25) is 0 Å². The summed E-state index contributed by atoms with van der Waals surface area (Å²) < 4.78 is 31.7. The molecule has 182 valence electrons. The monoisotopic (exact) mass is 485 g/mol. The van der Waals surface area contributed by atoms with E-state index in [9.17, 15) is 18.0 Å². The summed E-state index contributed by atoms with van der Waals surface area (Å²) >= 11 is 0. The predicted molar refractivity (Wildman–Crippen MR) is 129 cm³/mol. The molecule has 1 aliphatic heterocycles. The highest BCUT2D eigenvalue weighted by molar-refractivity contribution is 7.89. The fourth-order valence-electron chi connectivity index (χ4n) is 4.63. The molecule has 0 unspecified atom stereocenters. The highest BCUT2D eigenvalue weighted by Gasteiger charge is 2.26. The molecule has 34 heavy (non-hydrogen) atoms. The highest BCUT2D eigenvalue weighted by Crippen LogP contribution is 2.30. The number of hydrogen-bond donors (Lipinski definition) is 1. The van der Waals surface area contributed by atoms with Crippen LogP contribution in [0.3, 0.4) is 0 Å². The Morgan fingerprint density at radius 2 is 1.82 bits per heavy atom. The number of hydrogen-bond acceptors (Lipinski definition) is 6. The number of benzene rings is 2. The Morgan fingerprint density at radius 3 is 2.56 bits per heavy atom. The highest BCUT2D eigenvalue weighted by atomic mass is 32.2. The van der Waals surface area contributed by atoms with Crippen molar-refractivity contribution in [2.24, 2.45) is 0 Å². The fourth-order valence-corrected chi connectivity index (χ4v) is 5.56. The largest absolute Gasteiger partial charge is 0.452 e. The lowest BCUT2D eigenvalue weighted by Gasteiger charge is -2.26. The van der Waals surface area contributed by atoms with Crippen molar-refractivity contribution in [2.45, 2.75) is 43.0 Å². The van der Waals surface area contributed by atoms with Gasteiger partial charge in [-0.15, -0.1) is 0 Å². The second-order valence-corrected chi connectivity index (χ2v) is 11.1. The molecular weight excluding hydrogens is 454 g/mol. The smallest absolute Gasteiger partial charge is 0.340 e. The summed E-state index contributed by atoms with van der Waals surface area (Å²) in [7, 11) is -0.844. The van der Waals surface area contributed by atoms with Gasteiger partial charge in [-0.3, -0.25) is 4.79 Å². The molecule has 1 N–H and O–H groups in total. The van der Waals surface area contributed by atoms with Gasteiger partial charge in [0.2, 0.25) is 10.0 Å². The molecule has 0 bridgehead atoms. The maximum absolute atomic E-state index is 13.0. The molecule has 0 radical (unpaired) electrons. The van der Waals surface area contributed by atoms with Gasteiger partial charge in [-0.1, -0.05) is 24.3 Å². The molecule has 1 heterocycles. The van der Waals surface area contributed by atoms with Gasteiger partial charge in [-0.25, -0.2) is 17.5 Å². The van der Waals surface area contributed by atoms with Gasteiger partial charge in [0.15, 0.2) is 6.61 Å². The molecule has 2 aliphatic rings. The number of esters is 1. The van der Waals surface area contributed by atoms with E-state index in [-0.39, 0.29) is 22.4 Å². The molecule has 1 atom stereocenters. The lowest BCUT2D eigenvalue weighted by Crippen LogP contribution is -2.34. The Labute approximate surface area is 200 Å². The van der Waals surface area contributed by atoms with Crippen LogP contribution in [0.15, 0.2) is 47.4 Å². The summed E-state index contributed by atoms with van der Waals surface area (Å²) in [5.41, 5.74) is 3.11. The molecule has 0 saturated carbocycles. The standard InChI is InChI=1S/C25H31N3O5S/c1-27(2)34(31,32)19-12-13-23(28-14-5-6-15-28)21(16-19)25(30)33-17-24(29)26-22-11-7-9-18-8-3-4-10-20(18)22/h3-4,8,10,12-13,16,22H,5-7,9,11,14-15,17H2,1-2H3,(H,26,29)/t22-/m1/s1. The molecule has 2 aromatic rings. The van der Waals surface area contributed by atoms with E-state index in [0.29, 0.717) is 5.69 Å². The number of anilines is 1. The first-order valence-corrected chi connectivity index (χ1v) is 13.1. The van der Waals surface area contributed by atoms with E-state index in [4.69, 9.17) is 4.74 Å². The topological polar surface area (TPSA) is 96.0 Å². The van der Waals surface area contributed by atoms with Gasteiger partial charge < -0.3 is 15.0 Å². The molecule has 2 aromatic carbocycles. The van der Waals surface area contributed by atoms with Crippen LogP contribution >= 0.6 is 0 Å². The van der Waals surface area contributed by atoms with Gasteiger partial charge in [0.05, 0.1) is 22.2 Å². The van der Waals surface area contributed by atoms with Crippen LogP contribution in [0.5, 0.6) is 0 Å². The third kappa shape index (κ3) is 5.10. The van der Waals surface area contributed by atoms with Crippen LogP contribution in [-0.2, 0) is 26.0 Å². The summed E-state index contributed by atoms with van der Waals surface area (Å²) in [6.07, 6.45) is 4.80. The third-order valence-corrected chi connectivity index (χ3v) is 8.26. The number of fused-ring (bicyclic) bond motifs is 1. The Bertz CT molecular complexity index is 1170. The van der Waals surface area contributed by atoms with E-state index in [1.807, 2.05) is 23.1 Å². The summed E-state index contributed by atoms with van der Waals surface area (Å²) in [6, 6.07) is 12.4. The van der Waals surface area contributed by atoms with Crippen molar-refractivity contribution < 1.29 is 22.7 Å². The normalized spacial score (nSPS) is 18.0. The van der Waals surface area contributed by atoms with E-state index in [2.05, 4.69) is 11.4 Å². The minimum atomic E-state index is -3.72. The van der Waals surface area contributed by atoms with Crippen molar-refractivity contribution in [1.82, 2.24) is 9.62 Å². The maximum atomic E-state index is 13.0. The first-order chi connectivity index (χ1) is 16.3. The predicted octanol–water partition coefficient (Wildman–Crippen LogP) is 2.89. The van der Waals surface area contributed by atoms with Crippen LogP contribution in [0, 0.1) is 0 Å². The quantitative estimate of drug-likeness (QED) is 0.606. The summed E-state index contributed by atoms with van der Waals surface area (Å²) in [4.78, 5) is 27.7. The Morgan fingerprint density at radius 1 is 1.09 bits per heavy atom. The second-order valence-electron chi connectivity index (χ2n) is 8.95. The second kappa shape index (κ2) is 10.1. The fraction of sp³-hybridized carbons (Fsp3) is 0.440. The first-order valence-electron chi connectivity index (χ1n) is 11.6. The van der Waals surface area contributed by atoms with Crippen LogP contribution in [0.25, 0.3) is 0 Å². The lowest BCUT2D eigenvalue weighted by molar-refractivity contribution is -0.125. The number of amides is 1. The molecule has 1 amide bonds. The van der Waals surface area contributed by atoms with E-state index in [0.717, 1.165) is 55.1 Å². The van der Waals surface area contributed by atoms with Gasteiger partial charge in [0.1, 0.15) is 0 Å². The Balaban J connectivity index is 1.49. The molecule has 1 saturated heterocycles. The van der Waals surface area contributed by atoms with Crippen molar-refractivity contribution in [3.05, 3.63) is 59.2 Å².